The zero-order valence-electron chi connectivity index (χ0n) is 11.7. The second-order valence-corrected chi connectivity index (χ2v) is 4.84. The topological polar surface area (TPSA) is 66.4 Å². The van der Waals surface area contributed by atoms with Crippen LogP contribution < -0.4 is 5.32 Å². The first-order valence-corrected chi connectivity index (χ1v) is 6.70. The van der Waals surface area contributed by atoms with Gasteiger partial charge in [-0.25, -0.2) is 0 Å². The SMILES string of the molecule is CC(=O)NC(CC(=O)c1ccc(O)cc1)c1ccccc1. The summed E-state index contributed by atoms with van der Waals surface area (Å²) in [4.78, 5) is 23.6. The molecule has 4 heteroatoms. The number of phenols is 1. The fourth-order valence-electron chi connectivity index (χ4n) is 2.13. The number of Topliss-reactive ketones (excluding diaryl/α,β-unsaturated/α-hetero) is 1. The van der Waals surface area contributed by atoms with Crippen molar-refractivity contribution in [2.75, 3.05) is 0 Å². The normalized spacial score (nSPS) is 11.7. The number of nitrogens with one attached hydrogen (secondary N) is 1. The molecule has 0 radical (unpaired) electrons. The maximum Gasteiger partial charge on any atom is 0.217 e. The Morgan fingerprint density at radius 3 is 2.24 bits per heavy atom. The molecule has 0 bridgehead atoms. The number of benzene rings is 2. The second kappa shape index (κ2) is 6.70. The van der Waals surface area contributed by atoms with Crippen molar-refractivity contribution >= 4 is 11.7 Å². The number of amides is 1. The molecule has 0 saturated carbocycles. The van der Waals surface area contributed by atoms with Gasteiger partial charge in [-0.05, 0) is 29.8 Å². The monoisotopic (exact) mass is 283 g/mol. The summed E-state index contributed by atoms with van der Waals surface area (Å²) in [6.07, 6.45) is 0.175. The summed E-state index contributed by atoms with van der Waals surface area (Å²) in [5.74, 6) is -0.145. The van der Waals surface area contributed by atoms with Crippen LogP contribution in [0.15, 0.2) is 54.6 Å². The number of hydrogen-bond acceptors (Lipinski definition) is 3. The van der Waals surface area contributed by atoms with E-state index in [4.69, 9.17) is 0 Å². The zero-order valence-corrected chi connectivity index (χ0v) is 11.7. The number of phenolic OH excluding ortho intramolecular Hbond substituents is 1. The molecule has 0 aromatic heterocycles. The van der Waals surface area contributed by atoms with Gasteiger partial charge in [0.05, 0.1) is 6.04 Å². The Bertz CT molecular complexity index is 620. The molecule has 2 aromatic carbocycles. The van der Waals surface area contributed by atoms with E-state index in [9.17, 15) is 14.7 Å². The highest BCUT2D eigenvalue weighted by atomic mass is 16.3. The molecular formula is C17H17NO3. The number of ketones is 1. The van der Waals surface area contributed by atoms with Crippen LogP contribution >= 0.6 is 0 Å². The third-order valence-corrected chi connectivity index (χ3v) is 3.16. The molecule has 2 N–H and O–H groups in total. The van der Waals surface area contributed by atoms with Crippen LogP contribution in [0.1, 0.15) is 35.3 Å². The van der Waals surface area contributed by atoms with Crippen molar-refractivity contribution in [3.63, 3.8) is 0 Å². The summed E-state index contributed by atoms with van der Waals surface area (Å²) < 4.78 is 0. The first kappa shape index (κ1) is 14.8. The maximum absolute atomic E-state index is 12.3. The standard InChI is InChI=1S/C17H17NO3/c1-12(19)18-16(13-5-3-2-4-6-13)11-17(21)14-7-9-15(20)10-8-14/h2-10,16,20H,11H2,1H3,(H,18,19). The molecule has 0 fully saturated rings. The number of rotatable bonds is 5. The van der Waals surface area contributed by atoms with Gasteiger partial charge in [0.2, 0.25) is 5.91 Å². The van der Waals surface area contributed by atoms with E-state index in [1.807, 2.05) is 30.3 Å². The number of carbonyl (C=O) groups is 2. The van der Waals surface area contributed by atoms with Crippen LogP contribution in [0.25, 0.3) is 0 Å². The molecule has 21 heavy (non-hydrogen) atoms. The number of carbonyl (C=O) groups excluding carboxylic acids is 2. The van der Waals surface area contributed by atoms with Crippen molar-refractivity contribution in [2.24, 2.45) is 0 Å². The molecule has 0 spiro atoms. The number of aromatic hydroxyl groups is 1. The van der Waals surface area contributed by atoms with E-state index in [2.05, 4.69) is 5.32 Å². The van der Waals surface area contributed by atoms with Crippen LogP contribution in [0, 0.1) is 0 Å². The Balaban J connectivity index is 2.17. The average Bonchev–Trinajstić information content (AvgIpc) is 2.47. The second-order valence-electron chi connectivity index (χ2n) is 4.84. The van der Waals surface area contributed by atoms with E-state index in [-0.39, 0.29) is 29.9 Å². The van der Waals surface area contributed by atoms with E-state index in [1.165, 1.54) is 19.1 Å². The van der Waals surface area contributed by atoms with Crippen LogP contribution in [-0.2, 0) is 4.79 Å². The van der Waals surface area contributed by atoms with Gasteiger partial charge in [0.1, 0.15) is 5.75 Å². The Kier molecular flexibility index (Phi) is 4.72. The lowest BCUT2D eigenvalue weighted by Crippen LogP contribution is -2.28. The van der Waals surface area contributed by atoms with Crippen LogP contribution in [0.4, 0.5) is 0 Å². The molecule has 1 amide bonds. The Morgan fingerprint density at radius 1 is 1.05 bits per heavy atom. The van der Waals surface area contributed by atoms with Crippen LogP contribution in [-0.4, -0.2) is 16.8 Å². The van der Waals surface area contributed by atoms with Crippen molar-refractivity contribution in [1.29, 1.82) is 0 Å². The molecule has 1 atom stereocenters. The zero-order chi connectivity index (χ0) is 15.2. The van der Waals surface area contributed by atoms with Crippen LogP contribution in [0.5, 0.6) is 5.75 Å². The molecule has 0 saturated heterocycles. The first-order valence-electron chi connectivity index (χ1n) is 6.70. The molecule has 108 valence electrons. The smallest absolute Gasteiger partial charge is 0.217 e. The molecule has 2 rings (SSSR count). The van der Waals surface area contributed by atoms with Crippen molar-refractivity contribution in [2.45, 2.75) is 19.4 Å². The van der Waals surface area contributed by atoms with Crippen molar-refractivity contribution in [3.8, 4) is 5.75 Å². The molecule has 4 nitrogen and oxygen atoms in total. The Morgan fingerprint density at radius 2 is 1.67 bits per heavy atom. The van der Waals surface area contributed by atoms with Gasteiger partial charge in [0.25, 0.3) is 0 Å². The lowest BCUT2D eigenvalue weighted by molar-refractivity contribution is -0.119. The average molecular weight is 283 g/mol. The molecular weight excluding hydrogens is 266 g/mol. The minimum Gasteiger partial charge on any atom is -0.508 e. The summed E-state index contributed by atoms with van der Waals surface area (Å²) >= 11 is 0. The predicted molar refractivity (Wildman–Crippen MR) is 80.1 cm³/mol. The predicted octanol–water partition coefficient (Wildman–Crippen LogP) is 2.84. The highest BCUT2D eigenvalue weighted by molar-refractivity contribution is 5.96. The largest absolute Gasteiger partial charge is 0.508 e. The van der Waals surface area contributed by atoms with Crippen molar-refractivity contribution in [1.82, 2.24) is 5.32 Å². The Labute approximate surface area is 123 Å². The van der Waals surface area contributed by atoms with Crippen molar-refractivity contribution in [3.05, 3.63) is 65.7 Å². The molecule has 0 heterocycles. The minimum atomic E-state index is -0.356. The summed E-state index contributed by atoms with van der Waals surface area (Å²) in [6.45, 7) is 1.43. The molecule has 0 aliphatic heterocycles. The van der Waals surface area contributed by atoms with Gasteiger partial charge in [-0.3, -0.25) is 9.59 Å². The van der Waals surface area contributed by atoms with Crippen LogP contribution in [0.3, 0.4) is 0 Å². The van der Waals surface area contributed by atoms with Gasteiger partial charge in [-0.15, -0.1) is 0 Å². The minimum absolute atomic E-state index is 0.0856. The summed E-state index contributed by atoms with van der Waals surface area (Å²) in [5, 5.41) is 12.0. The Hall–Kier alpha value is -2.62. The first-order chi connectivity index (χ1) is 10.1. The van der Waals surface area contributed by atoms with Gasteiger partial charge in [-0.2, -0.15) is 0 Å². The lowest BCUT2D eigenvalue weighted by Gasteiger charge is -2.17. The molecule has 0 aliphatic carbocycles. The van der Waals surface area contributed by atoms with E-state index >= 15 is 0 Å². The maximum atomic E-state index is 12.3. The third kappa shape index (κ3) is 4.18. The van der Waals surface area contributed by atoms with Crippen LogP contribution in [0.2, 0.25) is 0 Å². The number of hydrogen-bond donors (Lipinski definition) is 2. The van der Waals surface area contributed by atoms with Gasteiger partial charge < -0.3 is 10.4 Å². The lowest BCUT2D eigenvalue weighted by atomic mass is 9.98. The van der Waals surface area contributed by atoms with E-state index in [0.29, 0.717) is 5.56 Å². The third-order valence-electron chi connectivity index (χ3n) is 3.16. The van der Waals surface area contributed by atoms with Gasteiger partial charge in [0.15, 0.2) is 5.78 Å². The summed E-state index contributed by atoms with van der Waals surface area (Å²) in [6, 6.07) is 15.1. The molecule has 0 aliphatic rings. The quantitative estimate of drug-likeness (QED) is 0.829. The highest BCUT2D eigenvalue weighted by Gasteiger charge is 2.17. The fourth-order valence-corrected chi connectivity index (χ4v) is 2.13. The summed E-state index contributed by atoms with van der Waals surface area (Å²) in [7, 11) is 0. The van der Waals surface area contributed by atoms with E-state index < -0.39 is 0 Å². The van der Waals surface area contributed by atoms with Crippen molar-refractivity contribution < 1.29 is 14.7 Å². The van der Waals surface area contributed by atoms with Gasteiger partial charge >= 0.3 is 0 Å². The summed E-state index contributed by atoms with van der Waals surface area (Å²) in [5.41, 5.74) is 1.40. The fraction of sp³-hybridized carbons (Fsp3) is 0.176. The van der Waals surface area contributed by atoms with Gasteiger partial charge in [-0.1, -0.05) is 30.3 Å². The highest BCUT2D eigenvalue weighted by Crippen LogP contribution is 2.20. The van der Waals surface area contributed by atoms with E-state index in [1.54, 1.807) is 12.1 Å². The van der Waals surface area contributed by atoms with Gasteiger partial charge in [0, 0.05) is 18.9 Å². The molecule has 1 unspecified atom stereocenters. The van der Waals surface area contributed by atoms with E-state index in [0.717, 1.165) is 5.56 Å². The molecule has 2 aromatic rings.